The Balaban J connectivity index is 2.82. The third-order valence-electron chi connectivity index (χ3n) is 2.19. The highest BCUT2D eigenvalue weighted by Crippen LogP contribution is 2.17. The first-order chi connectivity index (χ1) is 8.73. The molecule has 18 heavy (non-hydrogen) atoms. The van der Waals surface area contributed by atoms with E-state index in [0.29, 0.717) is 17.6 Å². The van der Waals surface area contributed by atoms with Crippen molar-refractivity contribution in [3.63, 3.8) is 0 Å². The van der Waals surface area contributed by atoms with E-state index in [9.17, 15) is 5.11 Å². The van der Waals surface area contributed by atoms with Crippen LogP contribution in [0.15, 0.2) is 11.2 Å². The van der Waals surface area contributed by atoms with Gasteiger partial charge in [0.15, 0.2) is 5.16 Å². The number of aromatic nitrogens is 2. The van der Waals surface area contributed by atoms with Gasteiger partial charge in [-0.05, 0) is 13.2 Å². The lowest BCUT2D eigenvalue weighted by Gasteiger charge is -2.16. The van der Waals surface area contributed by atoms with Crippen LogP contribution >= 0.6 is 11.8 Å². The first-order valence-corrected chi connectivity index (χ1v) is 6.99. The minimum Gasteiger partial charge on any atom is -0.394 e. The van der Waals surface area contributed by atoms with Crippen molar-refractivity contribution >= 4 is 23.4 Å². The second-order valence-corrected chi connectivity index (χ2v) is 4.41. The molecule has 7 heteroatoms. The van der Waals surface area contributed by atoms with Gasteiger partial charge in [-0.2, -0.15) is 0 Å². The Hall–Kier alpha value is -1.05. The van der Waals surface area contributed by atoms with Gasteiger partial charge in [0, 0.05) is 19.7 Å². The number of rotatable bonds is 8. The molecule has 1 aromatic rings. The molecule has 1 rings (SSSR count). The smallest absolute Gasteiger partial charge is 0.191 e. The summed E-state index contributed by atoms with van der Waals surface area (Å²) in [5.41, 5.74) is 0. The summed E-state index contributed by atoms with van der Waals surface area (Å²) in [5.74, 6) is 1.45. The zero-order chi connectivity index (χ0) is 13.4. The molecule has 1 heterocycles. The van der Waals surface area contributed by atoms with E-state index >= 15 is 0 Å². The largest absolute Gasteiger partial charge is 0.394 e. The maximum atomic E-state index is 9.21. The van der Waals surface area contributed by atoms with Gasteiger partial charge in [-0.3, -0.25) is 0 Å². The summed E-state index contributed by atoms with van der Waals surface area (Å²) in [4.78, 5) is 8.67. The van der Waals surface area contributed by atoms with Crippen LogP contribution in [-0.4, -0.2) is 54.2 Å². The lowest BCUT2D eigenvalue weighted by atomic mass is 10.3. The van der Waals surface area contributed by atoms with E-state index in [1.807, 2.05) is 19.2 Å². The van der Waals surface area contributed by atoms with Gasteiger partial charge in [-0.1, -0.05) is 11.8 Å². The number of aliphatic hydroxyl groups excluding tert-OH is 1. The first-order valence-electron chi connectivity index (χ1n) is 5.76. The van der Waals surface area contributed by atoms with Gasteiger partial charge in [-0.25, -0.2) is 9.97 Å². The maximum absolute atomic E-state index is 9.21. The van der Waals surface area contributed by atoms with E-state index in [1.54, 1.807) is 7.11 Å². The van der Waals surface area contributed by atoms with Crippen LogP contribution in [0.1, 0.15) is 6.92 Å². The van der Waals surface area contributed by atoms with Gasteiger partial charge in [0.25, 0.3) is 0 Å². The van der Waals surface area contributed by atoms with Crippen LogP contribution in [0, 0.1) is 0 Å². The molecule has 1 atom stereocenters. The van der Waals surface area contributed by atoms with Crippen molar-refractivity contribution in [3.05, 3.63) is 6.07 Å². The van der Waals surface area contributed by atoms with E-state index in [4.69, 9.17) is 4.74 Å². The van der Waals surface area contributed by atoms with Crippen molar-refractivity contribution in [2.45, 2.75) is 18.1 Å². The predicted octanol–water partition coefficient (Wildman–Crippen LogP) is 1.05. The van der Waals surface area contributed by atoms with Crippen molar-refractivity contribution in [2.75, 3.05) is 43.8 Å². The quantitative estimate of drug-likeness (QED) is 0.482. The second kappa shape index (κ2) is 8.12. The molecule has 0 aliphatic rings. The SMILES string of the molecule is CCNc1cc(NC(CO)COC)nc(SC)n1. The summed E-state index contributed by atoms with van der Waals surface area (Å²) >= 11 is 1.48. The normalized spacial score (nSPS) is 12.2. The Labute approximate surface area is 112 Å². The van der Waals surface area contributed by atoms with Gasteiger partial charge < -0.3 is 20.5 Å². The number of anilines is 2. The lowest BCUT2D eigenvalue weighted by Crippen LogP contribution is -2.29. The van der Waals surface area contributed by atoms with Gasteiger partial charge in [0.05, 0.1) is 19.3 Å². The van der Waals surface area contributed by atoms with Crippen LogP contribution in [0.5, 0.6) is 0 Å². The lowest BCUT2D eigenvalue weighted by molar-refractivity contribution is 0.153. The van der Waals surface area contributed by atoms with Gasteiger partial charge in [0.2, 0.25) is 0 Å². The molecule has 0 bridgehead atoms. The molecule has 0 amide bonds. The average Bonchev–Trinajstić information content (AvgIpc) is 2.38. The van der Waals surface area contributed by atoms with Gasteiger partial charge in [-0.15, -0.1) is 0 Å². The van der Waals surface area contributed by atoms with E-state index < -0.39 is 0 Å². The molecule has 0 radical (unpaired) electrons. The molecule has 0 aromatic carbocycles. The number of aliphatic hydroxyl groups is 1. The number of hydrogen-bond acceptors (Lipinski definition) is 7. The standard InChI is InChI=1S/C11H20N4O2S/c1-4-12-9-5-10(15-11(14-9)18-3)13-8(6-16)7-17-2/h5,8,16H,4,6-7H2,1-3H3,(H2,12,13,14,15). The zero-order valence-electron chi connectivity index (χ0n) is 10.9. The third-order valence-corrected chi connectivity index (χ3v) is 2.73. The monoisotopic (exact) mass is 272 g/mol. The minimum atomic E-state index is -0.172. The second-order valence-electron chi connectivity index (χ2n) is 3.63. The molecule has 1 unspecified atom stereocenters. The van der Waals surface area contributed by atoms with Crippen LogP contribution in [0.3, 0.4) is 0 Å². The van der Waals surface area contributed by atoms with Gasteiger partial charge >= 0.3 is 0 Å². The maximum Gasteiger partial charge on any atom is 0.191 e. The van der Waals surface area contributed by atoms with Crippen LogP contribution in [0.4, 0.5) is 11.6 Å². The molecule has 0 aliphatic heterocycles. The number of hydrogen-bond donors (Lipinski definition) is 3. The third kappa shape index (κ3) is 4.67. The number of ether oxygens (including phenoxy) is 1. The molecular weight excluding hydrogens is 252 g/mol. The van der Waals surface area contributed by atoms with Crippen molar-refractivity contribution in [1.82, 2.24) is 9.97 Å². The highest BCUT2D eigenvalue weighted by Gasteiger charge is 2.09. The fourth-order valence-electron chi connectivity index (χ4n) is 1.41. The number of nitrogens with one attached hydrogen (secondary N) is 2. The number of methoxy groups -OCH3 is 1. The topological polar surface area (TPSA) is 79.3 Å². The molecule has 1 aromatic heterocycles. The Morgan fingerprint density at radius 2 is 2.17 bits per heavy atom. The molecule has 0 saturated heterocycles. The molecular formula is C11H20N4O2S. The zero-order valence-corrected chi connectivity index (χ0v) is 11.8. The van der Waals surface area contributed by atoms with Crippen LogP contribution in [0.2, 0.25) is 0 Å². The Morgan fingerprint density at radius 1 is 1.44 bits per heavy atom. The van der Waals surface area contributed by atoms with E-state index in [0.717, 1.165) is 12.4 Å². The van der Waals surface area contributed by atoms with Crippen LogP contribution in [-0.2, 0) is 4.74 Å². The summed E-state index contributed by atoms with van der Waals surface area (Å²) in [6, 6.07) is 1.65. The Morgan fingerprint density at radius 3 is 2.72 bits per heavy atom. The van der Waals surface area contributed by atoms with Crippen LogP contribution < -0.4 is 10.6 Å². The molecule has 0 saturated carbocycles. The first kappa shape index (κ1) is 15.0. The van der Waals surface area contributed by atoms with Crippen molar-refractivity contribution in [1.29, 1.82) is 0 Å². The highest BCUT2D eigenvalue weighted by molar-refractivity contribution is 7.98. The Kier molecular flexibility index (Phi) is 6.77. The minimum absolute atomic E-state index is 0.0109. The number of thioether (sulfide) groups is 1. The highest BCUT2D eigenvalue weighted by atomic mass is 32.2. The molecule has 0 spiro atoms. The molecule has 0 aliphatic carbocycles. The molecule has 102 valence electrons. The van der Waals surface area contributed by atoms with E-state index in [2.05, 4.69) is 20.6 Å². The molecule has 0 fully saturated rings. The fourth-order valence-corrected chi connectivity index (χ4v) is 1.79. The van der Waals surface area contributed by atoms with E-state index in [-0.39, 0.29) is 12.6 Å². The summed E-state index contributed by atoms with van der Waals surface area (Å²) in [7, 11) is 1.60. The summed E-state index contributed by atoms with van der Waals surface area (Å²) in [6.07, 6.45) is 1.92. The van der Waals surface area contributed by atoms with Crippen molar-refractivity contribution < 1.29 is 9.84 Å². The average molecular weight is 272 g/mol. The van der Waals surface area contributed by atoms with E-state index in [1.165, 1.54) is 11.8 Å². The summed E-state index contributed by atoms with van der Waals surface area (Å²) in [5, 5.41) is 16.2. The van der Waals surface area contributed by atoms with Crippen LogP contribution in [0.25, 0.3) is 0 Å². The Bertz CT molecular complexity index is 365. The summed E-state index contributed by atoms with van der Waals surface area (Å²) < 4.78 is 5.01. The van der Waals surface area contributed by atoms with Crippen molar-refractivity contribution in [2.24, 2.45) is 0 Å². The number of nitrogens with zero attached hydrogens (tertiary/aromatic N) is 2. The van der Waals surface area contributed by atoms with Gasteiger partial charge in [0.1, 0.15) is 11.6 Å². The molecule has 3 N–H and O–H groups in total. The predicted molar refractivity (Wildman–Crippen MR) is 74.3 cm³/mol. The van der Waals surface area contributed by atoms with Crippen molar-refractivity contribution in [3.8, 4) is 0 Å². The fraction of sp³-hybridized carbons (Fsp3) is 0.636. The summed E-state index contributed by atoms with van der Waals surface area (Å²) in [6.45, 7) is 3.22. The molecule has 6 nitrogen and oxygen atoms in total.